The second-order valence-corrected chi connectivity index (χ2v) is 8.58. The Labute approximate surface area is 195 Å². The van der Waals surface area contributed by atoms with Crippen LogP contribution in [0.25, 0.3) is 0 Å². The molecule has 0 aromatic carbocycles. The lowest BCUT2D eigenvalue weighted by atomic mass is 9.95. The summed E-state index contributed by atoms with van der Waals surface area (Å²) in [6.45, 7) is 18.4. The van der Waals surface area contributed by atoms with Crippen molar-refractivity contribution in [2.45, 2.75) is 124 Å². The minimum Gasteiger partial charge on any atom is -0.390 e. The number of carbonyl (C=O) groups is 1. The van der Waals surface area contributed by atoms with Gasteiger partial charge in [0.05, 0.1) is 5.60 Å². The molecule has 0 spiro atoms. The van der Waals surface area contributed by atoms with Crippen molar-refractivity contribution in [3.05, 3.63) is 12.7 Å². The number of unbranched alkanes of at least 4 members (excludes halogenated alkanes) is 2. The average Bonchev–Trinajstić information content (AvgIpc) is 3.15. The number of aldehydes is 1. The van der Waals surface area contributed by atoms with Crippen molar-refractivity contribution in [2.75, 3.05) is 13.4 Å². The Bertz CT molecular complexity index is 327. The Kier molecular flexibility index (Phi) is 35.3. The lowest BCUT2D eigenvalue weighted by Gasteiger charge is -2.21. The van der Waals surface area contributed by atoms with Gasteiger partial charge in [0.25, 0.3) is 0 Å². The molecular formula is C26H56ClNO2. The van der Waals surface area contributed by atoms with E-state index in [0.717, 1.165) is 44.3 Å². The number of hydrogen-bond donors (Lipinski definition) is 2. The summed E-state index contributed by atoms with van der Waals surface area (Å²) in [5.41, 5.74) is -0.291. The fraction of sp³-hybridized carbons (Fsp3) is 0.885. The van der Waals surface area contributed by atoms with Gasteiger partial charge in [0, 0.05) is 18.8 Å². The standard InChI is InChI=1S/C11H20O.C7H17N.C5H10O.C2H6.CH3Cl/c1-2-3-4-5-8-11(12)9-6-7-10-11;1-6(2)5-7(3)8-4;1-5(2)3-4-6;2*1-2/h2,12H,1,3-10H2;6-8H,5H2,1-4H3;4-5H,3H2,1-2H3;1-2H3;1H3. The molecule has 1 unspecified atom stereocenters. The summed E-state index contributed by atoms with van der Waals surface area (Å²) in [4.78, 5) is 9.62. The highest BCUT2D eigenvalue weighted by atomic mass is 35.5. The predicted octanol–water partition coefficient (Wildman–Crippen LogP) is 7.79. The van der Waals surface area contributed by atoms with E-state index in [9.17, 15) is 9.90 Å². The van der Waals surface area contributed by atoms with E-state index < -0.39 is 0 Å². The number of aliphatic hydroxyl groups is 1. The second kappa shape index (κ2) is 28.6. The third kappa shape index (κ3) is 32.3. The first-order chi connectivity index (χ1) is 14.2. The molecule has 0 aromatic rings. The summed E-state index contributed by atoms with van der Waals surface area (Å²) in [7, 11) is 2.01. The van der Waals surface area contributed by atoms with Crippen LogP contribution < -0.4 is 5.32 Å². The number of rotatable bonds is 10. The van der Waals surface area contributed by atoms with E-state index in [1.54, 1.807) is 0 Å². The lowest BCUT2D eigenvalue weighted by Crippen LogP contribution is -2.23. The van der Waals surface area contributed by atoms with Gasteiger partial charge in [-0.2, -0.15) is 0 Å². The number of nitrogens with one attached hydrogen (secondary N) is 1. The fourth-order valence-corrected chi connectivity index (χ4v) is 3.04. The van der Waals surface area contributed by atoms with E-state index >= 15 is 0 Å². The molecule has 1 aliphatic rings. The molecule has 0 aromatic heterocycles. The molecule has 0 amide bonds. The molecule has 184 valence electrons. The Morgan fingerprint density at radius 1 is 1.03 bits per heavy atom. The normalized spacial score (nSPS) is 14.6. The molecule has 0 saturated heterocycles. The SMILES string of the molecule is C=CCCCCC1(O)CCCC1.CC.CC(C)CC=O.CCl.CNC(C)CC(C)C. The zero-order valence-corrected chi connectivity index (χ0v) is 22.7. The van der Waals surface area contributed by atoms with Crippen LogP contribution in [0.2, 0.25) is 0 Å². The van der Waals surface area contributed by atoms with Crippen LogP contribution in [0.1, 0.15) is 113 Å². The van der Waals surface area contributed by atoms with Crippen molar-refractivity contribution >= 4 is 17.9 Å². The van der Waals surface area contributed by atoms with Crippen LogP contribution in [0.15, 0.2) is 12.7 Å². The van der Waals surface area contributed by atoms with E-state index in [4.69, 9.17) is 0 Å². The van der Waals surface area contributed by atoms with Crippen molar-refractivity contribution in [2.24, 2.45) is 11.8 Å². The highest BCUT2D eigenvalue weighted by Gasteiger charge is 2.29. The maximum Gasteiger partial charge on any atom is 0.120 e. The van der Waals surface area contributed by atoms with Gasteiger partial charge in [-0.3, -0.25) is 0 Å². The van der Waals surface area contributed by atoms with Gasteiger partial charge in [0.1, 0.15) is 6.29 Å². The van der Waals surface area contributed by atoms with Gasteiger partial charge in [0.2, 0.25) is 0 Å². The molecule has 1 atom stereocenters. The van der Waals surface area contributed by atoms with Crippen LogP contribution in [0.5, 0.6) is 0 Å². The van der Waals surface area contributed by atoms with Crippen LogP contribution >= 0.6 is 11.6 Å². The number of carbonyl (C=O) groups excluding carboxylic acids is 1. The van der Waals surface area contributed by atoms with E-state index in [1.807, 2.05) is 40.8 Å². The van der Waals surface area contributed by atoms with Crippen LogP contribution in [-0.2, 0) is 4.79 Å². The third-order valence-electron chi connectivity index (χ3n) is 4.72. The summed E-state index contributed by atoms with van der Waals surface area (Å²) in [6.07, 6.45) is 15.3. The van der Waals surface area contributed by atoms with E-state index in [0.29, 0.717) is 18.4 Å². The van der Waals surface area contributed by atoms with Crippen LogP contribution in [0, 0.1) is 11.8 Å². The summed E-state index contributed by atoms with van der Waals surface area (Å²) in [5, 5.41) is 13.2. The first-order valence-corrected chi connectivity index (χ1v) is 12.8. The Morgan fingerprint density at radius 3 is 1.80 bits per heavy atom. The molecule has 4 heteroatoms. The minimum absolute atomic E-state index is 0.291. The van der Waals surface area contributed by atoms with Crippen LogP contribution in [0.3, 0.4) is 0 Å². The fourth-order valence-electron chi connectivity index (χ4n) is 3.04. The van der Waals surface area contributed by atoms with Crippen molar-refractivity contribution < 1.29 is 9.90 Å². The quantitative estimate of drug-likeness (QED) is 0.155. The minimum atomic E-state index is -0.291. The van der Waals surface area contributed by atoms with Crippen molar-refractivity contribution in [1.29, 1.82) is 0 Å². The number of halogens is 1. The highest BCUT2D eigenvalue weighted by molar-refractivity contribution is 6.15. The Hall–Kier alpha value is -0.380. The molecule has 0 aliphatic heterocycles. The molecule has 2 N–H and O–H groups in total. The Morgan fingerprint density at radius 2 is 1.53 bits per heavy atom. The maximum atomic E-state index is 9.96. The molecular weight excluding hydrogens is 394 g/mol. The molecule has 0 radical (unpaired) electrons. The monoisotopic (exact) mass is 449 g/mol. The first-order valence-electron chi connectivity index (χ1n) is 12.0. The zero-order chi connectivity index (χ0) is 24.4. The second-order valence-electron chi connectivity index (χ2n) is 8.58. The average molecular weight is 450 g/mol. The summed E-state index contributed by atoms with van der Waals surface area (Å²) in [5.74, 6) is 1.35. The molecule has 30 heavy (non-hydrogen) atoms. The Balaban J connectivity index is -0.000000164. The van der Waals surface area contributed by atoms with Gasteiger partial charge in [-0.25, -0.2) is 0 Å². The molecule has 1 fully saturated rings. The largest absolute Gasteiger partial charge is 0.390 e. The predicted molar refractivity (Wildman–Crippen MR) is 139 cm³/mol. The topological polar surface area (TPSA) is 49.3 Å². The van der Waals surface area contributed by atoms with E-state index in [2.05, 4.69) is 44.3 Å². The van der Waals surface area contributed by atoms with Crippen LogP contribution in [0.4, 0.5) is 0 Å². The van der Waals surface area contributed by atoms with Crippen molar-refractivity contribution in [1.82, 2.24) is 5.32 Å². The van der Waals surface area contributed by atoms with Crippen LogP contribution in [-0.4, -0.2) is 36.5 Å². The summed E-state index contributed by atoms with van der Waals surface area (Å²) >= 11 is 4.64. The molecule has 3 nitrogen and oxygen atoms in total. The van der Waals surface area contributed by atoms with Crippen molar-refractivity contribution in [3.8, 4) is 0 Å². The van der Waals surface area contributed by atoms with Gasteiger partial charge in [-0.1, -0.05) is 66.9 Å². The molecule has 0 heterocycles. The number of allylic oxidation sites excluding steroid dienone is 1. The first kappa shape index (κ1) is 37.0. The van der Waals surface area contributed by atoms with Gasteiger partial charge < -0.3 is 15.2 Å². The summed E-state index contributed by atoms with van der Waals surface area (Å²) in [6, 6.07) is 0.676. The zero-order valence-electron chi connectivity index (χ0n) is 21.9. The van der Waals surface area contributed by atoms with Gasteiger partial charge >= 0.3 is 0 Å². The molecule has 1 saturated carbocycles. The number of alkyl halides is 1. The van der Waals surface area contributed by atoms with Crippen molar-refractivity contribution in [3.63, 3.8) is 0 Å². The molecule has 1 rings (SSSR count). The van der Waals surface area contributed by atoms with E-state index in [1.165, 1.54) is 32.1 Å². The molecule has 0 bridgehead atoms. The van der Waals surface area contributed by atoms with Gasteiger partial charge in [-0.05, 0) is 64.3 Å². The highest BCUT2D eigenvalue weighted by Crippen LogP contribution is 2.33. The lowest BCUT2D eigenvalue weighted by molar-refractivity contribution is -0.108. The van der Waals surface area contributed by atoms with E-state index in [-0.39, 0.29) is 5.60 Å². The van der Waals surface area contributed by atoms with Gasteiger partial charge in [-0.15, -0.1) is 18.2 Å². The maximum absolute atomic E-state index is 9.96. The smallest absolute Gasteiger partial charge is 0.120 e. The van der Waals surface area contributed by atoms with Gasteiger partial charge in [0.15, 0.2) is 0 Å². The number of hydrogen-bond acceptors (Lipinski definition) is 3. The molecule has 1 aliphatic carbocycles. The third-order valence-corrected chi connectivity index (χ3v) is 4.72. The summed E-state index contributed by atoms with van der Waals surface area (Å²) < 4.78 is 0.